The molecule has 0 radical (unpaired) electrons. The number of nitrogens with zero attached hydrogens (tertiary/aromatic N) is 1. The minimum atomic E-state index is -0.694. The molecule has 0 atom stereocenters. The van der Waals surface area contributed by atoms with Crippen LogP contribution < -0.4 is 14.8 Å². The molecule has 168 valence electrons. The smallest absolute Gasteiger partial charge is 0.349 e. The Morgan fingerprint density at radius 2 is 1.75 bits per heavy atom. The van der Waals surface area contributed by atoms with E-state index < -0.39 is 5.97 Å². The van der Waals surface area contributed by atoms with E-state index >= 15 is 0 Å². The fraction of sp³-hybridized carbons (Fsp3) is 0.320. The van der Waals surface area contributed by atoms with Gasteiger partial charge in [-0.15, -0.1) is 0 Å². The van der Waals surface area contributed by atoms with Gasteiger partial charge in [0.25, 0.3) is 5.91 Å². The second-order valence-electron chi connectivity index (χ2n) is 7.64. The van der Waals surface area contributed by atoms with Crippen molar-refractivity contribution >= 4 is 23.6 Å². The van der Waals surface area contributed by atoms with Crippen LogP contribution in [-0.4, -0.2) is 31.7 Å². The van der Waals surface area contributed by atoms with Crippen molar-refractivity contribution in [3.05, 3.63) is 58.2 Å². The minimum Gasteiger partial charge on any atom is -0.493 e. The zero-order chi connectivity index (χ0) is 23.8. The lowest BCUT2D eigenvalue weighted by Crippen LogP contribution is -2.21. The van der Waals surface area contributed by atoms with Crippen LogP contribution in [0.2, 0.25) is 0 Å². The molecular formula is C25H28N2O5. The number of ether oxygens (including phenoxy) is 3. The summed E-state index contributed by atoms with van der Waals surface area (Å²) in [6, 6.07) is 10.7. The maximum atomic E-state index is 12.4. The van der Waals surface area contributed by atoms with E-state index in [1.165, 1.54) is 13.2 Å². The molecule has 0 aliphatic carbocycles. The van der Waals surface area contributed by atoms with E-state index in [9.17, 15) is 14.9 Å². The Hall–Kier alpha value is -3.79. The number of rotatable bonds is 8. The van der Waals surface area contributed by atoms with E-state index in [0.717, 1.165) is 22.4 Å². The maximum absolute atomic E-state index is 12.4. The first-order chi connectivity index (χ1) is 15.1. The molecule has 0 saturated heterocycles. The van der Waals surface area contributed by atoms with Crippen molar-refractivity contribution in [2.24, 2.45) is 0 Å². The van der Waals surface area contributed by atoms with Gasteiger partial charge in [0.15, 0.2) is 18.1 Å². The van der Waals surface area contributed by atoms with Gasteiger partial charge in [-0.2, -0.15) is 5.26 Å². The Morgan fingerprint density at radius 1 is 1.09 bits per heavy atom. The van der Waals surface area contributed by atoms with Gasteiger partial charge in [0.05, 0.1) is 13.2 Å². The molecular weight excluding hydrogens is 408 g/mol. The number of hydrogen-bond acceptors (Lipinski definition) is 6. The quantitative estimate of drug-likeness (QED) is 0.372. The minimum absolute atomic E-state index is 0.127. The average Bonchev–Trinajstić information content (AvgIpc) is 2.72. The summed E-state index contributed by atoms with van der Waals surface area (Å²) in [5, 5.41) is 12.1. The zero-order valence-corrected chi connectivity index (χ0v) is 19.2. The second kappa shape index (κ2) is 11.0. The first-order valence-electron chi connectivity index (χ1n) is 10.2. The summed E-state index contributed by atoms with van der Waals surface area (Å²) in [6.07, 6.45) is 1.08. The predicted molar refractivity (Wildman–Crippen MR) is 123 cm³/mol. The second-order valence-corrected chi connectivity index (χ2v) is 7.64. The summed E-state index contributed by atoms with van der Waals surface area (Å²) in [5.74, 6) is -0.265. The molecule has 0 bridgehead atoms. The SMILES string of the molecule is COc1cc(C=C(C#N)C(=O)OC(C)C)ccc1OCC(=O)Nc1c(C)cc(C)cc1C. The molecule has 2 rings (SSSR count). The van der Waals surface area contributed by atoms with Gasteiger partial charge in [-0.25, -0.2) is 4.79 Å². The first kappa shape index (κ1) is 24.5. The number of methoxy groups -OCH3 is 1. The van der Waals surface area contributed by atoms with Gasteiger partial charge in [0.2, 0.25) is 0 Å². The topological polar surface area (TPSA) is 97.7 Å². The standard InChI is InChI=1S/C25H28N2O5/c1-15(2)32-25(29)20(13-26)11-19-7-8-21(22(12-19)30-6)31-14-23(28)27-24-17(4)9-16(3)10-18(24)5/h7-12,15H,14H2,1-6H3,(H,27,28). The number of anilines is 1. The Morgan fingerprint density at radius 3 is 2.31 bits per heavy atom. The zero-order valence-electron chi connectivity index (χ0n) is 19.2. The van der Waals surface area contributed by atoms with Gasteiger partial charge >= 0.3 is 5.97 Å². The molecule has 0 spiro atoms. The van der Waals surface area contributed by atoms with Crippen LogP contribution in [0.15, 0.2) is 35.9 Å². The van der Waals surface area contributed by atoms with Gasteiger partial charge in [0, 0.05) is 5.69 Å². The largest absolute Gasteiger partial charge is 0.493 e. The molecule has 2 aromatic rings. The number of amides is 1. The molecule has 1 N–H and O–H groups in total. The Balaban J connectivity index is 2.12. The lowest BCUT2D eigenvalue weighted by Gasteiger charge is -2.14. The third kappa shape index (κ3) is 6.61. The molecule has 0 saturated carbocycles. The summed E-state index contributed by atoms with van der Waals surface area (Å²) in [5.41, 5.74) is 4.29. The average molecular weight is 437 g/mol. The number of nitrogens with one attached hydrogen (secondary N) is 1. The lowest BCUT2D eigenvalue weighted by molar-refractivity contribution is -0.142. The summed E-state index contributed by atoms with van der Waals surface area (Å²) < 4.78 is 16.0. The van der Waals surface area contributed by atoms with E-state index in [1.54, 1.807) is 32.0 Å². The van der Waals surface area contributed by atoms with Gasteiger partial charge in [0.1, 0.15) is 11.6 Å². The molecule has 0 fully saturated rings. The van der Waals surface area contributed by atoms with E-state index in [2.05, 4.69) is 5.32 Å². The summed E-state index contributed by atoms with van der Waals surface area (Å²) in [7, 11) is 1.47. The molecule has 1 amide bonds. The number of aryl methyl sites for hydroxylation is 3. The summed E-state index contributed by atoms with van der Waals surface area (Å²) >= 11 is 0. The van der Waals surface area contributed by atoms with E-state index in [-0.39, 0.29) is 24.2 Å². The van der Waals surface area contributed by atoms with Crippen LogP contribution >= 0.6 is 0 Å². The van der Waals surface area contributed by atoms with E-state index in [1.807, 2.05) is 39.0 Å². The Kier molecular flexibility index (Phi) is 8.42. The van der Waals surface area contributed by atoms with E-state index in [0.29, 0.717) is 17.1 Å². The van der Waals surface area contributed by atoms with Gasteiger partial charge in [-0.3, -0.25) is 4.79 Å². The molecule has 0 heterocycles. The molecule has 0 aromatic heterocycles. The molecule has 0 aliphatic heterocycles. The van der Waals surface area contributed by atoms with Crippen molar-refractivity contribution in [3.63, 3.8) is 0 Å². The van der Waals surface area contributed by atoms with Gasteiger partial charge < -0.3 is 19.5 Å². The molecule has 2 aromatic carbocycles. The third-order valence-electron chi connectivity index (χ3n) is 4.48. The normalized spacial score (nSPS) is 11.0. The molecule has 0 aliphatic rings. The number of benzene rings is 2. The van der Waals surface area contributed by atoms with Crippen LogP contribution in [0.25, 0.3) is 6.08 Å². The highest BCUT2D eigenvalue weighted by atomic mass is 16.5. The number of hydrogen-bond donors (Lipinski definition) is 1. The number of nitriles is 1. The van der Waals surface area contributed by atoms with Crippen molar-refractivity contribution in [3.8, 4) is 17.6 Å². The highest BCUT2D eigenvalue weighted by Crippen LogP contribution is 2.29. The number of esters is 1. The number of carbonyl (C=O) groups is 2. The molecule has 7 heteroatoms. The van der Waals surface area contributed by atoms with Crippen LogP contribution in [0.5, 0.6) is 11.5 Å². The van der Waals surface area contributed by atoms with Crippen molar-refractivity contribution < 1.29 is 23.8 Å². The number of carbonyl (C=O) groups excluding carboxylic acids is 2. The Labute approximate surface area is 188 Å². The summed E-state index contributed by atoms with van der Waals surface area (Å²) in [4.78, 5) is 24.4. The van der Waals surface area contributed by atoms with Crippen LogP contribution in [0.1, 0.15) is 36.1 Å². The van der Waals surface area contributed by atoms with Gasteiger partial charge in [-0.1, -0.05) is 23.8 Å². The fourth-order valence-electron chi connectivity index (χ4n) is 3.17. The van der Waals surface area contributed by atoms with Gasteiger partial charge in [-0.05, 0) is 69.5 Å². The van der Waals surface area contributed by atoms with Crippen molar-refractivity contribution in [2.45, 2.75) is 40.7 Å². The van der Waals surface area contributed by atoms with E-state index in [4.69, 9.17) is 14.2 Å². The molecule has 7 nitrogen and oxygen atoms in total. The fourth-order valence-corrected chi connectivity index (χ4v) is 3.17. The monoisotopic (exact) mass is 436 g/mol. The molecule has 32 heavy (non-hydrogen) atoms. The Bertz CT molecular complexity index is 1060. The highest BCUT2D eigenvalue weighted by molar-refractivity contribution is 5.98. The van der Waals surface area contributed by atoms with Crippen LogP contribution in [-0.2, 0) is 14.3 Å². The maximum Gasteiger partial charge on any atom is 0.349 e. The first-order valence-corrected chi connectivity index (χ1v) is 10.2. The van der Waals surface area contributed by atoms with Crippen LogP contribution in [0.3, 0.4) is 0 Å². The third-order valence-corrected chi connectivity index (χ3v) is 4.48. The van der Waals surface area contributed by atoms with Crippen LogP contribution in [0.4, 0.5) is 5.69 Å². The highest BCUT2D eigenvalue weighted by Gasteiger charge is 2.14. The summed E-state index contributed by atoms with van der Waals surface area (Å²) in [6.45, 7) is 9.10. The molecule has 0 unspecified atom stereocenters. The van der Waals surface area contributed by atoms with Crippen LogP contribution in [0, 0.1) is 32.1 Å². The van der Waals surface area contributed by atoms with Crippen molar-refractivity contribution in [2.75, 3.05) is 19.0 Å². The lowest BCUT2D eigenvalue weighted by atomic mass is 10.1. The van der Waals surface area contributed by atoms with Crippen molar-refractivity contribution in [1.29, 1.82) is 5.26 Å². The van der Waals surface area contributed by atoms with Crippen molar-refractivity contribution in [1.82, 2.24) is 0 Å². The predicted octanol–water partition coefficient (Wildman–Crippen LogP) is 4.50.